The van der Waals surface area contributed by atoms with Crippen LogP contribution in [0.1, 0.15) is 23.0 Å². The van der Waals surface area contributed by atoms with Gasteiger partial charge < -0.3 is 10.1 Å². The molecular weight excluding hydrogens is 333 g/mol. The number of hydrogen-bond acceptors (Lipinski definition) is 5. The van der Waals surface area contributed by atoms with Crippen LogP contribution in [-0.2, 0) is 0 Å². The van der Waals surface area contributed by atoms with E-state index in [1.807, 2.05) is 0 Å². The predicted octanol–water partition coefficient (Wildman–Crippen LogP) is 2.93. The predicted molar refractivity (Wildman–Crippen MR) is 72.3 cm³/mol. The van der Waals surface area contributed by atoms with Crippen LogP contribution in [0.2, 0.25) is 0 Å². The fraction of sp³-hybridized carbons (Fsp3) is 0.250. The Balaban J connectivity index is 2.34. The number of nitrogens with zero attached hydrogens (tertiary/aromatic N) is 2. The standard InChI is InChI=1S/C12H11BrFN3O3/c1-3-19-8-5-4-7(13)9(10(8)14)12(18)15-11-6(2)16-20-17-11/h4-5H,3H2,1-2H3,(H,15,17,18). The Morgan fingerprint density at radius 1 is 1.50 bits per heavy atom. The number of hydrogen-bond donors (Lipinski definition) is 1. The van der Waals surface area contributed by atoms with E-state index in [1.54, 1.807) is 13.8 Å². The summed E-state index contributed by atoms with van der Waals surface area (Å²) < 4.78 is 24.1. The molecule has 1 N–H and O–H groups in total. The van der Waals surface area contributed by atoms with Crippen LogP contribution in [0.4, 0.5) is 10.2 Å². The Hall–Kier alpha value is -1.96. The molecule has 0 radical (unpaired) electrons. The highest BCUT2D eigenvalue weighted by atomic mass is 79.9. The van der Waals surface area contributed by atoms with E-state index in [4.69, 9.17) is 4.74 Å². The number of aryl methyl sites for hydroxylation is 1. The minimum absolute atomic E-state index is 0.0100. The number of rotatable bonds is 4. The molecule has 1 amide bonds. The lowest BCUT2D eigenvalue weighted by Crippen LogP contribution is -2.16. The zero-order valence-corrected chi connectivity index (χ0v) is 12.3. The summed E-state index contributed by atoms with van der Waals surface area (Å²) in [6.07, 6.45) is 0. The molecule has 0 aliphatic rings. The van der Waals surface area contributed by atoms with Gasteiger partial charge in [-0.2, -0.15) is 0 Å². The van der Waals surface area contributed by atoms with Gasteiger partial charge in [0.15, 0.2) is 11.6 Å². The monoisotopic (exact) mass is 343 g/mol. The Bertz CT molecular complexity index is 645. The van der Waals surface area contributed by atoms with Gasteiger partial charge in [0.2, 0.25) is 5.82 Å². The van der Waals surface area contributed by atoms with Crippen LogP contribution in [-0.4, -0.2) is 22.8 Å². The van der Waals surface area contributed by atoms with Gasteiger partial charge in [-0.05, 0) is 47.1 Å². The number of benzene rings is 1. The van der Waals surface area contributed by atoms with Crippen LogP contribution in [0, 0.1) is 12.7 Å². The van der Waals surface area contributed by atoms with Gasteiger partial charge in [0.1, 0.15) is 5.69 Å². The molecule has 1 heterocycles. The molecule has 1 aromatic heterocycles. The van der Waals surface area contributed by atoms with E-state index in [0.717, 1.165) is 0 Å². The number of aromatic nitrogens is 2. The number of halogens is 2. The van der Waals surface area contributed by atoms with Crippen molar-refractivity contribution in [2.45, 2.75) is 13.8 Å². The summed E-state index contributed by atoms with van der Waals surface area (Å²) in [5, 5.41) is 9.46. The molecule has 106 valence electrons. The van der Waals surface area contributed by atoms with Crippen molar-refractivity contribution in [2.75, 3.05) is 11.9 Å². The normalized spacial score (nSPS) is 10.4. The van der Waals surface area contributed by atoms with Gasteiger partial charge in [-0.25, -0.2) is 9.02 Å². The van der Waals surface area contributed by atoms with Gasteiger partial charge in [0.05, 0.1) is 12.2 Å². The first-order chi connectivity index (χ1) is 9.54. The lowest BCUT2D eigenvalue weighted by molar-refractivity contribution is 0.102. The van der Waals surface area contributed by atoms with Crippen LogP contribution in [0.15, 0.2) is 21.2 Å². The van der Waals surface area contributed by atoms with Gasteiger partial charge in [0, 0.05) is 4.47 Å². The maximum atomic E-state index is 14.2. The molecule has 6 nitrogen and oxygen atoms in total. The Morgan fingerprint density at radius 3 is 2.85 bits per heavy atom. The van der Waals surface area contributed by atoms with Gasteiger partial charge >= 0.3 is 0 Å². The fourth-order valence-electron chi connectivity index (χ4n) is 1.52. The third kappa shape index (κ3) is 2.79. The van der Waals surface area contributed by atoms with Crippen LogP contribution >= 0.6 is 15.9 Å². The van der Waals surface area contributed by atoms with E-state index in [2.05, 4.69) is 36.2 Å². The zero-order valence-electron chi connectivity index (χ0n) is 10.7. The first-order valence-electron chi connectivity index (χ1n) is 5.76. The molecule has 2 rings (SSSR count). The van der Waals surface area contributed by atoms with Crippen LogP contribution < -0.4 is 10.1 Å². The summed E-state index contributed by atoms with van der Waals surface area (Å²) in [4.78, 5) is 12.1. The summed E-state index contributed by atoms with van der Waals surface area (Å²) in [5.74, 6) is -1.26. The molecule has 8 heteroatoms. The zero-order chi connectivity index (χ0) is 14.7. The molecule has 0 aliphatic carbocycles. The van der Waals surface area contributed by atoms with Crippen molar-refractivity contribution >= 4 is 27.7 Å². The van der Waals surface area contributed by atoms with Gasteiger partial charge in [-0.1, -0.05) is 5.16 Å². The average molecular weight is 344 g/mol. The molecule has 0 atom stereocenters. The molecular formula is C12H11BrFN3O3. The minimum atomic E-state index is -0.743. The number of amides is 1. The van der Waals surface area contributed by atoms with E-state index >= 15 is 0 Å². The fourth-order valence-corrected chi connectivity index (χ4v) is 2.01. The Morgan fingerprint density at radius 2 is 2.25 bits per heavy atom. The van der Waals surface area contributed by atoms with Crippen molar-refractivity contribution in [1.29, 1.82) is 0 Å². The summed E-state index contributed by atoms with van der Waals surface area (Å²) in [7, 11) is 0. The molecule has 1 aromatic carbocycles. The third-order valence-electron chi connectivity index (χ3n) is 2.47. The first kappa shape index (κ1) is 14.4. The highest BCUT2D eigenvalue weighted by molar-refractivity contribution is 9.10. The van der Waals surface area contributed by atoms with E-state index in [0.29, 0.717) is 16.8 Å². The third-order valence-corrected chi connectivity index (χ3v) is 3.13. The first-order valence-corrected chi connectivity index (χ1v) is 6.55. The van der Waals surface area contributed by atoms with E-state index < -0.39 is 11.7 Å². The molecule has 0 spiro atoms. The molecule has 0 saturated heterocycles. The highest BCUT2D eigenvalue weighted by Crippen LogP contribution is 2.28. The molecule has 2 aromatic rings. The topological polar surface area (TPSA) is 77.2 Å². The molecule has 0 unspecified atom stereocenters. The van der Waals surface area contributed by atoms with E-state index in [-0.39, 0.29) is 17.1 Å². The largest absolute Gasteiger partial charge is 0.491 e. The Labute approximate surface area is 122 Å². The van der Waals surface area contributed by atoms with Crippen molar-refractivity contribution < 1.29 is 18.6 Å². The molecule has 20 heavy (non-hydrogen) atoms. The minimum Gasteiger partial charge on any atom is -0.491 e. The van der Waals surface area contributed by atoms with E-state index in [1.165, 1.54) is 12.1 Å². The average Bonchev–Trinajstić information content (AvgIpc) is 2.79. The van der Waals surface area contributed by atoms with Crippen LogP contribution in [0.3, 0.4) is 0 Å². The van der Waals surface area contributed by atoms with Gasteiger partial charge in [-0.3, -0.25) is 4.79 Å². The molecule has 0 saturated carbocycles. The number of carbonyl (C=O) groups excluding carboxylic acids is 1. The lowest BCUT2D eigenvalue weighted by atomic mass is 10.2. The summed E-state index contributed by atoms with van der Waals surface area (Å²) in [6, 6.07) is 2.99. The van der Waals surface area contributed by atoms with Crippen LogP contribution in [0.25, 0.3) is 0 Å². The van der Waals surface area contributed by atoms with Crippen molar-refractivity contribution in [3.8, 4) is 5.75 Å². The van der Waals surface area contributed by atoms with Gasteiger partial charge in [0.25, 0.3) is 5.91 Å². The summed E-state index contributed by atoms with van der Waals surface area (Å²) in [6.45, 7) is 3.63. The molecule has 0 fully saturated rings. The summed E-state index contributed by atoms with van der Waals surface area (Å²) >= 11 is 3.14. The Kier molecular flexibility index (Phi) is 4.33. The second-order valence-electron chi connectivity index (χ2n) is 3.82. The maximum absolute atomic E-state index is 14.2. The van der Waals surface area contributed by atoms with Crippen molar-refractivity contribution in [2.24, 2.45) is 0 Å². The number of nitrogens with one attached hydrogen (secondary N) is 1. The lowest BCUT2D eigenvalue weighted by Gasteiger charge is -2.10. The van der Waals surface area contributed by atoms with Crippen molar-refractivity contribution in [3.63, 3.8) is 0 Å². The summed E-state index contributed by atoms with van der Waals surface area (Å²) in [5.41, 5.74) is 0.231. The van der Waals surface area contributed by atoms with Crippen LogP contribution in [0.5, 0.6) is 5.75 Å². The maximum Gasteiger partial charge on any atom is 0.261 e. The van der Waals surface area contributed by atoms with Crippen molar-refractivity contribution in [1.82, 2.24) is 10.3 Å². The molecule has 0 bridgehead atoms. The molecule has 0 aliphatic heterocycles. The number of anilines is 1. The smallest absolute Gasteiger partial charge is 0.261 e. The van der Waals surface area contributed by atoms with E-state index in [9.17, 15) is 9.18 Å². The van der Waals surface area contributed by atoms with Gasteiger partial charge in [-0.15, -0.1) is 0 Å². The quantitative estimate of drug-likeness (QED) is 0.923. The number of carbonyl (C=O) groups is 1. The number of ether oxygens (including phenoxy) is 1. The van der Waals surface area contributed by atoms with Crippen molar-refractivity contribution in [3.05, 3.63) is 33.7 Å². The highest BCUT2D eigenvalue weighted by Gasteiger charge is 2.21. The second kappa shape index (κ2) is 6.00. The SMILES string of the molecule is CCOc1ccc(Br)c(C(=O)Nc2nonc2C)c1F. The second-order valence-corrected chi connectivity index (χ2v) is 4.67.